The lowest BCUT2D eigenvalue weighted by molar-refractivity contribution is 0.562. The van der Waals surface area contributed by atoms with E-state index in [-0.39, 0.29) is 0 Å². The highest BCUT2D eigenvalue weighted by Gasteiger charge is 2.20. The zero-order chi connectivity index (χ0) is 14.8. The van der Waals surface area contributed by atoms with Gasteiger partial charge in [0.25, 0.3) is 0 Å². The number of rotatable bonds is 11. The van der Waals surface area contributed by atoms with Crippen molar-refractivity contribution in [3.63, 3.8) is 0 Å². The number of aromatic nitrogens is 3. The summed E-state index contributed by atoms with van der Waals surface area (Å²) in [5.74, 6) is 2.83. The molecule has 0 bridgehead atoms. The maximum atomic E-state index is 4.69. The van der Waals surface area contributed by atoms with Gasteiger partial charge in [0.15, 0.2) is 5.82 Å². The maximum Gasteiger partial charge on any atom is 0.153 e. The molecule has 1 aromatic rings. The van der Waals surface area contributed by atoms with Crippen LogP contribution in [0.15, 0.2) is 0 Å². The van der Waals surface area contributed by atoms with Crippen molar-refractivity contribution in [3.05, 3.63) is 11.6 Å². The average Bonchev–Trinajstić information content (AvgIpc) is 3.16. The second-order valence-electron chi connectivity index (χ2n) is 6.70. The molecule has 1 saturated carbocycles. The molecule has 0 radical (unpaired) electrons. The Labute approximate surface area is 130 Å². The number of unbranched alkanes of at least 4 members (excludes halogenated alkanes) is 8. The van der Waals surface area contributed by atoms with Gasteiger partial charge in [-0.05, 0) is 19.3 Å². The molecule has 0 unspecified atom stereocenters. The molecule has 0 saturated heterocycles. The zero-order valence-electron chi connectivity index (χ0n) is 13.9. The van der Waals surface area contributed by atoms with E-state index < -0.39 is 0 Å². The maximum absolute atomic E-state index is 4.69. The van der Waals surface area contributed by atoms with Gasteiger partial charge in [-0.1, -0.05) is 71.1 Å². The molecule has 1 aromatic heterocycles. The summed E-state index contributed by atoms with van der Waals surface area (Å²) >= 11 is 0. The van der Waals surface area contributed by atoms with Crippen LogP contribution in [-0.4, -0.2) is 15.2 Å². The van der Waals surface area contributed by atoms with Crippen LogP contribution in [0.2, 0.25) is 0 Å². The lowest BCUT2D eigenvalue weighted by Crippen LogP contribution is -1.95. The van der Waals surface area contributed by atoms with Gasteiger partial charge in [-0.2, -0.15) is 5.10 Å². The molecule has 0 aliphatic heterocycles. The van der Waals surface area contributed by atoms with E-state index in [0.29, 0.717) is 5.92 Å². The molecule has 0 amide bonds. The number of H-pyrrole nitrogens is 1. The molecule has 120 valence electrons. The summed E-state index contributed by atoms with van der Waals surface area (Å²) in [6.45, 7) is 2.28. The van der Waals surface area contributed by atoms with Crippen molar-refractivity contribution in [2.24, 2.45) is 0 Å². The van der Waals surface area contributed by atoms with Crippen molar-refractivity contribution in [3.8, 4) is 0 Å². The fourth-order valence-electron chi connectivity index (χ4n) is 3.39. The van der Waals surface area contributed by atoms with Gasteiger partial charge in [0.05, 0.1) is 0 Å². The van der Waals surface area contributed by atoms with E-state index in [9.17, 15) is 0 Å². The fourth-order valence-corrected chi connectivity index (χ4v) is 3.39. The summed E-state index contributed by atoms with van der Waals surface area (Å²) in [5, 5.41) is 7.57. The largest absolute Gasteiger partial charge is 0.263 e. The first-order valence-corrected chi connectivity index (χ1v) is 9.31. The molecule has 2 rings (SSSR count). The molecule has 3 heteroatoms. The van der Waals surface area contributed by atoms with E-state index in [0.717, 1.165) is 18.1 Å². The SMILES string of the molecule is CCCCCCCCCCCc1nc(C2CCCC2)n[nH]1. The smallest absolute Gasteiger partial charge is 0.153 e. The summed E-state index contributed by atoms with van der Waals surface area (Å²) < 4.78 is 0. The summed E-state index contributed by atoms with van der Waals surface area (Å²) in [6, 6.07) is 0. The summed E-state index contributed by atoms with van der Waals surface area (Å²) in [6.07, 6.45) is 18.8. The Balaban J connectivity index is 1.49. The standard InChI is InChI=1S/C18H33N3/c1-2-3-4-5-6-7-8-9-10-15-17-19-18(21-20-17)16-13-11-12-14-16/h16H,2-15H2,1H3,(H,19,20,21). The van der Waals surface area contributed by atoms with Gasteiger partial charge in [-0.3, -0.25) is 5.10 Å². The van der Waals surface area contributed by atoms with Crippen LogP contribution in [-0.2, 0) is 6.42 Å². The summed E-state index contributed by atoms with van der Waals surface area (Å²) in [4.78, 5) is 4.69. The van der Waals surface area contributed by atoms with Crippen molar-refractivity contribution in [1.82, 2.24) is 15.2 Å². The molecule has 1 aliphatic carbocycles. The van der Waals surface area contributed by atoms with Crippen LogP contribution >= 0.6 is 0 Å². The van der Waals surface area contributed by atoms with Crippen LogP contribution in [0.1, 0.15) is 108 Å². The third-order valence-corrected chi connectivity index (χ3v) is 4.79. The lowest BCUT2D eigenvalue weighted by Gasteiger charge is -2.01. The highest BCUT2D eigenvalue weighted by atomic mass is 15.2. The molecule has 1 N–H and O–H groups in total. The monoisotopic (exact) mass is 291 g/mol. The van der Waals surface area contributed by atoms with Crippen LogP contribution in [0.5, 0.6) is 0 Å². The molecule has 1 heterocycles. The molecular weight excluding hydrogens is 258 g/mol. The third-order valence-electron chi connectivity index (χ3n) is 4.79. The second-order valence-corrected chi connectivity index (χ2v) is 6.70. The van der Waals surface area contributed by atoms with Crippen molar-refractivity contribution in [2.45, 2.75) is 103 Å². The van der Waals surface area contributed by atoms with E-state index in [4.69, 9.17) is 4.98 Å². The van der Waals surface area contributed by atoms with Gasteiger partial charge in [-0.15, -0.1) is 0 Å². The second kappa shape index (κ2) is 9.97. The Morgan fingerprint density at radius 2 is 1.52 bits per heavy atom. The Hall–Kier alpha value is -0.860. The van der Waals surface area contributed by atoms with Gasteiger partial charge in [0.1, 0.15) is 5.82 Å². The molecule has 0 spiro atoms. The zero-order valence-corrected chi connectivity index (χ0v) is 13.9. The Morgan fingerprint density at radius 3 is 2.19 bits per heavy atom. The van der Waals surface area contributed by atoms with Crippen LogP contribution in [0.3, 0.4) is 0 Å². The minimum Gasteiger partial charge on any atom is -0.263 e. The molecule has 21 heavy (non-hydrogen) atoms. The first-order valence-electron chi connectivity index (χ1n) is 9.31. The van der Waals surface area contributed by atoms with E-state index >= 15 is 0 Å². The molecule has 1 aliphatic rings. The van der Waals surface area contributed by atoms with E-state index in [1.165, 1.54) is 83.5 Å². The quantitative estimate of drug-likeness (QED) is 0.544. The first-order chi connectivity index (χ1) is 10.4. The van der Waals surface area contributed by atoms with Crippen LogP contribution in [0, 0.1) is 0 Å². The number of nitrogens with zero attached hydrogens (tertiary/aromatic N) is 2. The first kappa shape index (κ1) is 16.5. The Kier molecular flexibility index (Phi) is 7.83. The number of aromatic amines is 1. The van der Waals surface area contributed by atoms with Crippen LogP contribution in [0.25, 0.3) is 0 Å². The fraction of sp³-hybridized carbons (Fsp3) is 0.889. The number of nitrogens with one attached hydrogen (secondary N) is 1. The minimum atomic E-state index is 0.637. The predicted octanol–water partition coefficient (Wildman–Crippen LogP) is 5.54. The number of aryl methyl sites for hydroxylation is 1. The van der Waals surface area contributed by atoms with Gasteiger partial charge >= 0.3 is 0 Å². The Bertz CT molecular complexity index is 366. The predicted molar refractivity (Wildman–Crippen MR) is 88.5 cm³/mol. The van der Waals surface area contributed by atoms with Gasteiger partial charge in [0, 0.05) is 12.3 Å². The molecule has 1 fully saturated rings. The van der Waals surface area contributed by atoms with Crippen molar-refractivity contribution in [1.29, 1.82) is 0 Å². The van der Waals surface area contributed by atoms with Crippen molar-refractivity contribution < 1.29 is 0 Å². The topological polar surface area (TPSA) is 41.6 Å². The van der Waals surface area contributed by atoms with E-state index in [1.807, 2.05) is 0 Å². The highest BCUT2D eigenvalue weighted by molar-refractivity contribution is 5.00. The molecule has 0 atom stereocenters. The van der Waals surface area contributed by atoms with Gasteiger partial charge in [0.2, 0.25) is 0 Å². The summed E-state index contributed by atoms with van der Waals surface area (Å²) in [7, 11) is 0. The van der Waals surface area contributed by atoms with Gasteiger partial charge in [-0.25, -0.2) is 4.98 Å². The van der Waals surface area contributed by atoms with Gasteiger partial charge < -0.3 is 0 Å². The normalized spacial score (nSPS) is 15.9. The van der Waals surface area contributed by atoms with Crippen molar-refractivity contribution in [2.75, 3.05) is 0 Å². The van der Waals surface area contributed by atoms with Crippen LogP contribution in [0.4, 0.5) is 0 Å². The average molecular weight is 291 g/mol. The molecule has 3 nitrogen and oxygen atoms in total. The Morgan fingerprint density at radius 1 is 0.905 bits per heavy atom. The van der Waals surface area contributed by atoms with E-state index in [1.54, 1.807) is 0 Å². The summed E-state index contributed by atoms with van der Waals surface area (Å²) in [5.41, 5.74) is 0. The molecule has 0 aromatic carbocycles. The van der Waals surface area contributed by atoms with E-state index in [2.05, 4.69) is 17.1 Å². The van der Waals surface area contributed by atoms with Crippen molar-refractivity contribution >= 4 is 0 Å². The van der Waals surface area contributed by atoms with Crippen LogP contribution < -0.4 is 0 Å². The molecular formula is C18H33N3. The lowest BCUT2D eigenvalue weighted by atomic mass is 10.1. The number of hydrogen-bond donors (Lipinski definition) is 1. The number of hydrogen-bond acceptors (Lipinski definition) is 2. The third kappa shape index (κ3) is 6.19. The highest BCUT2D eigenvalue weighted by Crippen LogP contribution is 2.31. The minimum absolute atomic E-state index is 0.637.